The summed E-state index contributed by atoms with van der Waals surface area (Å²) >= 11 is 1.58. The predicted molar refractivity (Wildman–Crippen MR) is 213 cm³/mol. The van der Waals surface area contributed by atoms with Crippen LogP contribution in [0.1, 0.15) is 82.9 Å². The Morgan fingerprint density at radius 3 is 2.60 bits per heavy atom. The van der Waals surface area contributed by atoms with Crippen molar-refractivity contribution in [3.63, 3.8) is 0 Å². The summed E-state index contributed by atoms with van der Waals surface area (Å²) in [6.45, 7) is 20.0. The van der Waals surface area contributed by atoms with E-state index >= 15 is 0 Å². The van der Waals surface area contributed by atoms with Gasteiger partial charge in [-0.1, -0.05) is 40.3 Å². The molecule has 5 rings (SSSR count). The lowest BCUT2D eigenvalue weighted by Gasteiger charge is -2.21. The number of aryl methyl sites for hydroxylation is 1. The molecule has 2 atom stereocenters. The van der Waals surface area contributed by atoms with Crippen LogP contribution in [0.3, 0.4) is 0 Å². The molecule has 0 spiro atoms. The van der Waals surface area contributed by atoms with Gasteiger partial charge in [-0.25, -0.2) is 9.97 Å². The molecule has 0 bridgehead atoms. The lowest BCUT2D eigenvalue weighted by atomic mass is 9.86. The molecule has 8 nitrogen and oxygen atoms in total. The summed E-state index contributed by atoms with van der Waals surface area (Å²) in [6, 6.07) is 10.4. The molecule has 2 N–H and O–H groups in total. The normalized spacial score (nSPS) is 15.0. The number of unbranched alkanes of at least 4 members (excludes halogenated alkanes) is 1. The number of amides is 1. The van der Waals surface area contributed by atoms with E-state index in [1.165, 1.54) is 17.4 Å². The lowest BCUT2D eigenvalue weighted by Crippen LogP contribution is -2.17. The quantitative estimate of drug-likeness (QED) is 0.101. The molecule has 1 aliphatic heterocycles. The second-order valence-electron chi connectivity index (χ2n) is 14.1. The molecule has 0 saturated heterocycles. The van der Waals surface area contributed by atoms with Gasteiger partial charge in [0.25, 0.3) is 0 Å². The minimum atomic E-state index is -0.267. The van der Waals surface area contributed by atoms with E-state index in [2.05, 4.69) is 94.1 Å². The highest BCUT2D eigenvalue weighted by atomic mass is 32.1. The monoisotopic (exact) mass is 692 g/mol. The SMILES string of the molecule is C=CC(=O)Nc1cc(Nc2nc(-c3cc4c(c(C(=C)C)c3)N=C(C)C(C(C)C)CC4)c3ccsc3n2)c(OC)cc1C(C)CCCCN(C)C. The average molecular weight is 693 g/mol. The number of carbonyl (C=O) groups excluding carboxylic acids is 1. The van der Waals surface area contributed by atoms with Crippen LogP contribution in [0.15, 0.2) is 59.9 Å². The molecule has 0 aliphatic carbocycles. The van der Waals surface area contributed by atoms with Gasteiger partial charge in [-0.2, -0.15) is 0 Å². The highest BCUT2D eigenvalue weighted by molar-refractivity contribution is 7.16. The number of thiophene rings is 1. The number of anilines is 3. The summed E-state index contributed by atoms with van der Waals surface area (Å²) in [4.78, 5) is 30.9. The molecule has 1 amide bonds. The molecule has 9 heteroatoms. The summed E-state index contributed by atoms with van der Waals surface area (Å²) in [7, 11) is 5.85. The summed E-state index contributed by atoms with van der Waals surface area (Å²) in [6.07, 6.45) is 6.45. The van der Waals surface area contributed by atoms with Crippen LogP contribution < -0.4 is 15.4 Å². The number of ether oxygens (including phenoxy) is 1. The van der Waals surface area contributed by atoms with Crippen LogP contribution in [0, 0.1) is 11.8 Å². The standard InChI is InChI=1S/C41H52N6O2S/c1-11-37(48)43-34-23-35(36(49-10)22-33(34)26(6)14-12-13-18-47(8)9)44-41-45-39(31-17-19-50-40(31)46-41)29-20-28-15-16-30(24(2)3)27(7)42-38(28)32(21-29)25(4)5/h11,17,19-24,26,30H,1,4,12-16,18H2,2-3,5-10H3,(H,43,48)(H,44,45,46). The van der Waals surface area contributed by atoms with E-state index in [-0.39, 0.29) is 11.8 Å². The number of hydrogen-bond donors (Lipinski definition) is 2. The minimum absolute atomic E-state index is 0.199. The van der Waals surface area contributed by atoms with Gasteiger partial charge in [0.2, 0.25) is 11.9 Å². The molecule has 2 unspecified atom stereocenters. The third-order valence-corrected chi connectivity index (χ3v) is 10.5. The third kappa shape index (κ3) is 8.33. The van der Waals surface area contributed by atoms with E-state index < -0.39 is 0 Å². The van der Waals surface area contributed by atoms with Crippen LogP contribution in [-0.2, 0) is 11.2 Å². The molecule has 0 radical (unpaired) electrons. The number of aromatic nitrogens is 2. The number of nitrogens with one attached hydrogen (secondary N) is 2. The summed E-state index contributed by atoms with van der Waals surface area (Å²) < 4.78 is 5.91. The highest BCUT2D eigenvalue weighted by Gasteiger charge is 2.25. The number of benzene rings is 2. The smallest absolute Gasteiger partial charge is 0.247 e. The molecule has 0 saturated carbocycles. The number of carbonyl (C=O) groups is 1. The Labute approximate surface area is 301 Å². The van der Waals surface area contributed by atoms with Gasteiger partial charge >= 0.3 is 0 Å². The zero-order valence-corrected chi connectivity index (χ0v) is 31.8. The molecule has 4 aromatic rings. The molecule has 2 aromatic heterocycles. The van der Waals surface area contributed by atoms with Gasteiger partial charge in [-0.15, -0.1) is 11.3 Å². The van der Waals surface area contributed by atoms with E-state index in [1.807, 2.05) is 19.1 Å². The number of nitrogens with zero attached hydrogens (tertiary/aromatic N) is 4. The Bertz CT molecular complexity index is 1920. The second kappa shape index (κ2) is 16.1. The zero-order valence-electron chi connectivity index (χ0n) is 30.9. The first-order chi connectivity index (χ1) is 23.9. The summed E-state index contributed by atoms with van der Waals surface area (Å²) in [5, 5.41) is 9.53. The van der Waals surface area contributed by atoms with Crippen LogP contribution in [0.4, 0.5) is 23.0 Å². The van der Waals surface area contributed by atoms with Crippen molar-refractivity contribution in [3.05, 3.63) is 71.6 Å². The van der Waals surface area contributed by atoms with Gasteiger partial charge in [0.15, 0.2) is 0 Å². The number of rotatable bonds is 14. The van der Waals surface area contributed by atoms with Crippen molar-refractivity contribution < 1.29 is 9.53 Å². The van der Waals surface area contributed by atoms with Gasteiger partial charge in [0.05, 0.1) is 24.2 Å². The Hall–Kier alpha value is -4.34. The first kappa shape index (κ1) is 36.9. The van der Waals surface area contributed by atoms with Gasteiger partial charge in [0, 0.05) is 27.9 Å². The maximum atomic E-state index is 12.6. The summed E-state index contributed by atoms with van der Waals surface area (Å²) in [5.41, 5.74) is 9.69. The fourth-order valence-electron chi connectivity index (χ4n) is 6.92. The molecular weight excluding hydrogens is 641 g/mol. The topological polar surface area (TPSA) is 91.7 Å². The van der Waals surface area contributed by atoms with E-state index in [0.717, 1.165) is 82.5 Å². The Morgan fingerprint density at radius 1 is 1.14 bits per heavy atom. The van der Waals surface area contributed by atoms with E-state index in [9.17, 15) is 4.79 Å². The Morgan fingerprint density at radius 2 is 1.92 bits per heavy atom. The maximum Gasteiger partial charge on any atom is 0.247 e. The van der Waals surface area contributed by atoms with E-state index in [0.29, 0.717) is 34.9 Å². The van der Waals surface area contributed by atoms with Gasteiger partial charge in [-0.3, -0.25) is 9.79 Å². The van der Waals surface area contributed by atoms with Gasteiger partial charge < -0.3 is 20.3 Å². The Balaban J connectivity index is 1.56. The zero-order chi connectivity index (χ0) is 36.1. The van der Waals surface area contributed by atoms with Gasteiger partial charge in [-0.05, 0) is 136 Å². The van der Waals surface area contributed by atoms with Crippen LogP contribution in [0.2, 0.25) is 0 Å². The van der Waals surface area contributed by atoms with Crippen molar-refractivity contribution >= 4 is 61.8 Å². The van der Waals surface area contributed by atoms with Crippen LogP contribution in [0.25, 0.3) is 27.0 Å². The van der Waals surface area contributed by atoms with Crippen LogP contribution in [-0.4, -0.2) is 54.2 Å². The van der Waals surface area contributed by atoms with Crippen LogP contribution >= 0.6 is 11.3 Å². The van der Waals surface area contributed by atoms with Crippen molar-refractivity contribution in [2.45, 2.75) is 72.6 Å². The van der Waals surface area contributed by atoms with Crippen LogP contribution in [0.5, 0.6) is 5.75 Å². The van der Waals surface area contributed by atoms with Crippen molar-refractivity contribution in [2.24, 2.45) is 16.8 Å². The molecule has 3 heterocycles. The van der Waals surface area contributed by atoms with Crippen molar-refractivity contribution in [3.8, 4) is 17.0 Å². The van der Waals surface area contributed by atoms with E-state index in [1.54, 1.807) is 18.4 Å². The van der Waals surface area contributed by atoms with Crippen molar-refractivity contribution in [1.82, 2.24) is 14.9 Å². The fourth-order valence-corrected chi connectivity index (χ4v) is 7.69. The lowest BCUT2D eigenvalue weighted by molar-refractivity contribution is -0.111. The largest absolute Gasteiger partial charge is 0.495 e. The Kier molecular flexibility index (Phi) is 11.9. The molecular formula is C41H52N6O2S. The first-order valence-corrected chi connectivity index (χ1v) is 18.5. The fraction of sp³-hybridized carbons (Fsp3) is 0.415. The van der Waals surface area contributed by atoms with Gasteiger partial charge in [0.1, 0.15) is 10.6 Å². The van der Waals surface area contributed by atoms with Crippen molar-refractivity contribution in [1.29, 1.82) is 0 Å². The third-order valence-electron chi connectivity index (χ3n) is 9.69. The highest BCUT2D eigenvalue weighted by Crippen LogP contribution is 2.42. The summed E-state index contributed by atoms with van der Waals surface area (Å²) in [5.74, 6) is 1.99. The average Bonchev–Trinajstić information content (AvgIpc) is 3.48. The molecule has 2 aromatic carbocycles. The van der Waals surface area contributed by atoms with Crippen molar-refractivity contribution in [2.75, 3.05) is 38.4 Å². The number of hydrogen-bond acceptors (Lipinski definition) is 8. The number of allylic oxidation sites excluding steroid dienone is 1. The number of fused-ring (bicyclic) bond motifs is 2. The molecule has 0 fully saturated rings. The maximum absolute atomic E-state index is 12.6. The molecule has 264 valence electrons. The number of aliphatic imine (C=N–C) groups is 1. The predicted octanol–water partition coefficient (Wildman–Crippen LogP) is 10.4. The van der Waals surface area contributed by atoms with E-state index in [4.69, 9.17) is 19.7 Å². The first-order valence-electron chi connectivity index (χ1n) is 17.6. The molecule has 1 aliphatic rings. The molecule has 50 heavy (non-hydrogen) atoms. The minimum Gasteiger partial charge on any atom is -0.495 e. The second-order valence-corrected chi connectivity index (χ2v) is 15.0. The number of methoxy groups -OCH3 is 1.